The third-order valence-electron chi connectivity index (χ3n) is 5.06. The summed E-state index contributed by atoms with van der Waals surface area (Å²) in [6, 6.07) is 5.56. The molecule has 0 saturated carbocycles. The van der Waals surface area contributed by atoms with Crippen molar-refractivity contribution in [1.82, 2.24) is 9.80 Å². The van der Waals surface area contributed by atoms with Crippen molar-refractivity contribution < 1.29 is 9.53 Å². The highest BCUT2D eigenvalue weighted by molar-refractivity contribution is 7.07. The van der Waals surface area contributed by atoms with Gasteiger partial charge in [-0.05, 0) is 47.9 Å². The Hall–Kier alpha value is -1.60. The Bertz CT molecular complexity index is 774. The van der Waals surface area contributed by atoms with E-state index >= 15 is 0 Å². The lowest BCUT2D eigenvalue weighted by atomic mass is 10.1. The predicted molar refractivity (Wildman–Crippen MR) is 112 cm³/mol. The number of nitrogens with one attached hydrogen (secondary N) is 1. The van der Waals surface area contributed by atoms with E-state index in [-0.39, 0.29) is 11.9 Å². The van der Waals surface area contributed by atoms with Crippen molar-refractivity contribution in [1.29, 1.82) is 0 Å². The largest absolute Gasteiger partial charge is 0.495 e. The maximum Gasteiger partial charge on any atom is 0.241 e. The summed E-state index contributed by atoms with van der Waals surface area (Å²) in [5, 5.41) is 7.94. The molecule has 2 aromatic rings. The Kier molecular flexibility index (Phi) is 6.76. The van der Waals surface area contributed by atoms with Gasteiger partial charge < -0.3 is 10.1 Å². The van der Waals surface area contributed by atoms with Crippen molar-refractivity contribution in [2.45, 2.75) is 26.4 Å². The molecule has 0 bridgehead atoms. The number of carbonyl (C=O) groups is 1. The van der Waals surface area contributed by atoms with Gasteiger partial charge in [-0.25, -0.2) is 0 Å². The second kappa shape index (κ2) is 9.06. The molecule has 5 nitrogen and oxygen atoms in total. The average molecular weight is 408 g/mol. The summed E-state index contributed by atoms with van der Waals surface area (Å²) < 4.78 is 5.35. The van der Waals surface area contributed by atoms with Gasteiger partial charge in [0.25, 0.3) is 0 Å². The fourth-order valence-corrected chi connectivity index (χ4v) is 4.10. The first-order chi connectivity index (χ1) is 13.0. The quantitative estimate of drug-likeness (QED) is 0.789. The molecule has 0 radical (unpaired) electrons. The molecule has 7 heteroatoms. The van der Waals surface area contributed by atoms with Gasteiger partial charge >= 0.3 is 0 Å². The Balaban J connectivity index is 1.56. The number of rotatable bonds is 6. The number of anilines is 1. The Morgan fingerprint density at radius 3 is 2.70 bits per heavy atom. The van der Waals surface area contributed by atoms with Gasteiger partial charge in [0, 0.05) is 43.8 Å². The summed E-state index contributed by atoms with van der Waals surface area (Å²) in [7, 11) is 1.58. The zero-order valence-corrected chi connectivity index (χ0v) is 17.6. The van der Waals surface area contributed by atoms with Crippen LogP contribution in [0.3, 0.4) is 0 Å². The van der Waals surface area contributed by atoms with E-state index in [0.717, 1.165) is 38.3 Å². The van der Waals surface area contributed by atoms with Gasteiger partial charge in [0.1, 0.15) is 5.75 Å². The monoisotopic (exact) mass is 407 g/mol. The number of hydrogen-bond acceptors (Lipinski definition) is 5. The SMILES string of the molecule is COc1cc(Cl)c(C)cc1NC(=O)[C@@H](C)N1CCN(Cc2ccsc2)CC1. The highest BCUT2D eigenvalue weighted by Gasteiger charge is 2.26. The van der Waals surface area contributed by atoms with E-state index in [2.05, 4.69) is 31.9 Å². The molecule has 1 aliphatic rings. The number of benzene rings is 1. The van der Waals surface area contributed by atoms with Crippen LogP contribution < -0.4 is 10.1 Å². The predicted octanol–water partition coefficient (Wildman–Crippen LogP) is 3.86. The number of thiophene rings is 1. The number of piperazine rings is 1. The van der Waals surface area contributed by atoms with Crippen LogP contribution in [0.2, 0.25) is 5.02 Å². The molecule has 1 saturated heterocycles. The average Bonchev–Trinajstić information content (AvgIpc) is 3.17. The van der Waals surface area contributed by atoms with Crippen molar-refractivity contribution in [3.63, 3.8) is 0 Å². The highest BCUT2D eigenvalue weighted by Crippen LogP contribution is 2.31. The number of amides is 1. The van der Waals surface area contributed by atoms with Crippen LogP contribution in [-0.4, -0.2) is 55.0 Å². The fraction of sp³-hybridized carbons (Fsp3) is 0.450. The van der Waals surface area contributed by atoms with Crippen LogP contribution >= 0.6 is 22.9 Å². The van der Waals surface area contributed by atoms with Gasteiger partial charge in [0.15, 0.2) is 0 Å². The first-order valence-corrected chi connectivity index (χ1v) is 10.4. The van der Waals surface area contributed by atoms with Crippen molar-refractivity contribution in [3.8, 4) is 5.75 Å². The van der Waals surface area contributed by atoms with Gasteiger partial charge in [-0.1, -0.05) is 11.6 Å². The molecule has 1 aromatic heterocycles. The van der Waals surface area contributed by atoms with E-state index in [1.54, 1.807) is 24.5 Å². The minimum atomic E-state index is -0.200. The third kappa shape index (κ3) is 5.02. The second-order valence-electron chi connectivity index (χ2n) is 6.91. The van der Waals surface area contributed by atoms with Crippen molar-refractivity contribution in [2.75, 3.05) is 38.6 Å². The fourth-order valence-electron chi connectivity index (χ4n) is 3.28. The topological polar surface area (TPSA) is 44.8 Å². The molecule has 0 unspecified atom stereocenters. The van der Waals surface area contributed by atoms with Crippen LogP contribution in [-0.2, 0) is 11.3 Å². The molecule has 1 aromatic carbocycles. The number of carbonyl (C=O) groups excluding carboxylic acids is 1. The molecule has 146 valence electrons. The maximum atomic E-state index is 12.8. The van der Waals surface area contributed by atoms with E-state index in [0.29, 0.717) is 16.5 Å². The first-order valence-electron chi connectivity index (χ1n) is 9.10. The van der Waals surface area contributed by atoms with Crippen LogP contribution in [0, 0.1) is 6.92 Å². The normalized spacial score (nSPS) is 16.9. The number of methoxy groups -OCH3 is 1. The number of hydrogen-bond donors (Lipinski definition) is 1. The molecular formula is C20H26ClN3O2S. The van der Waals surface area contributed by atoms with Gasteiger partial charge in [-0.2, -0.15) is 11.3 Å². The molecular weight excluding hydrogens is 382 g/mol. The van der Waals surface area contributed by atoms with Crippen molar-refractivity contribution >= 4 is 34.5 Å². The summed E-state index contributed by atoms with van der Waals surface area (Å²) >= 11 is 7.88. The smallest absolute Gasteiger partial charge is 0.241 e. The third-order valence-corrected chi connectivity index (χ3v) is 6.20. The van der Waals surface area contributed by atoms with Crippen LogP contribution in [0.15, 0.2) is 29.0 Å². The lowest BCUT2D eigenvalue weighted by Gasteiger charge is -2.37. The summed E-state index contributed by atoms with van der Waals surface area (Å²) in [4.78, 5) is 17.4. The van der Waals surface area contributed by atoms with E-state index in [1.165, 1.54) is 5.56 Å². The van der Waals surface area contributed by atoms with Crippen LogP contribution in [0.4, 0.5) is 5.69 Å². The lowest BCUT2D eigenvalue weighted by Crippen LogP contribution is -2.52. The molecule has 1 aliphatic heterocycles. The van der Waals surface area contributed by atoms with Gasteiger partial charge in [0.2, 0.25) is 5.91 Å². The zero-order chi connectivity index (χ0) is 19.4. The minimum absolute atomic E-state index is 0.0266. The van der Waals surface area contributed by atoms with E-state index in [4.69, 9.17) is 16.3 Å². The number of ether oxygens (including phenoxy) is 1. The number of nitrogens with zero attached hydrogens (tertiary/aromatic N) is 2. The summed E-state index contributed by atoms with van der Waals surface area (Å²) in [6.07, 6.45) is 0. The summed E-state index contributed by atoms with van der Waals surface area (Å²) in [5.41, 5.74) is 2.93. The summed E-state index contributed by atoms with van der Waals surface area (Å²) in [6.45, 7) is 8.56. The van der Waals surface area contributed by atoms with Crippen molar-refractivity contribution in [2.24, 2.45) is 0 Å². The molecule has 2 heterocycles. The number of halogens is 1. The van der Waals surface area contributed by atoms with E-state index in [9.17, 15) is 4.79 Å². The molecule has 0 spiro atoms. The Labute approximate surface area is 169 Å². The molecule has 1 atom stereocenters. The standard InChI is InChI=1S/C20H26ClN3O2S/c1-14-10-18(19(26-3)11-17(14)21)22-20(25)15(2)24-7-5-23(6-8-24)12-16-4-9-27-13-16/h4,9-11,13,15H,5-8,12H2,1-3H3,(H,22,25)/t15-/m1/s1. The van der Waals surface area contributed by atoms with Gasteiger partial charge in [-0.15, -0.1) is 0 Å². The van der Waals surface area contributed by atoms with Gasteiger partial charge in [-0.3, -0.25) is 14.6 Å². The van der Waals surface area contributed by atoms with Crippen LogP contribution in [0.5, 0.6) is 5.75 Å². The molecule has 1 amide bonds. The van der Waals surface area contributed by atoms with Gasteiger partial charge in [0.05, 0.1) is 18.8 Å². The minimum Gasteiger partial charge on any atom is -0.495 e. The second-order valence-corrected chi connectivity index (χ2v) is 8.10. The molecule has 27 heavy (non-hydrogen) atoms. The molecule has 1 fully saturated rings. The Morgan fingerprint density at radius 2 is 2.07 bits per heavy atom. The Morgan fingerprint density at radius 1 is 1.33 bits per heavy atom. The van der Waals surface area contributed by atoms with Crippen molar-refractivity contribution in [3.05, 3.63) is 45.1 Å². The molecule has 3 rings (SSSR count). The highest BCUT2D eigenvalue weighted by atomic mass is 35.5. The molecule has 1 N–H and O–H groups in total. The van der Waals surface area contributed by atoms with Crippen LogP contribution in [0.1, 0.15) is 18.1 Å². The number of aryl methyl sites for hydroxylation is 1. The zero-order valence-electron chi connectivity index (χ0n) is 16.0. The molecule has 0 aliphatic carbocycles. The maximum absolute atomic E-state index is 12.8. The first kappa shape index (κ1) is 20.1. The lowest BCUT2D eigenvalue weighted by molar-refractivity contribution is -0.121. The van der Waals surface area contributed by atoms with E-state index < -0.39 is 0 Å². The summed E-state index contributed by atoms with van der Waals surface area (Å²) in [5.74, 6) is 0.549. The van der Waals surface area contributed by atoms with E-state index in [1.807, 2.05) is 19.9 Å². The van der Waals surface area contributed by atoms with Crippen LogP contribution in [0.25, 0.3) is 0 Å².